The lowest BCUT2D eigenvalue weighted by molar-refractivity contribution is -0.139. The summed E-state index contributed by atoms with van der Waals surface area (Å²) >= 11 is 0. The number of carbonyl (C=O) groups excluding carboxylic acids is 1. The molecule has 1 saturated carbocycles. The third kappa shape index (κ3) is 6.26. The monoisotopic (exact) mass is 426 g/mol. The van der Waals surface area contributed by atoms with Crippen LogP contribution in [0, 0.1) is 0 Å². The van der Waals surface area contributed by atoms with E-state index in [1.165, 1.54) is 18.1 Å². The van der Waals surface area contributed by atoms with E-state index in [-0.39, 0.29) is 12.4 Å². The van der Waals surface area contributed by atoms with Crippen LogP contribution in [-0.2, 0) is 17.6 Å². The summed E-state index contributed by atoms with van der Waals surface area (Å²) < 4.78 is 45.0. The summed E-state index contributed by atoms with van der Waals surface area (Å²) in [6.45, 7) is -0.0304. The lowest BCUT2D eigenvalue weighted by atomic mass is 10.0. The van der Waals surface area contributed by atoms with Gasteiger partial charge in [-0.15, -0.1) is 0 Å². The predicted octanol–water partition coefficient (Wildman–Crippen LogP) is 3.13. The maximum Gasteiger partial charge on any atom is 0.420 e. The molecule has 0 radical (unpaired) electrons. The van der Waals surface area contributed by atoms with Crippen LogP contribution in [0.15, 0.2) is 36.4 Å². The van der Waals surface area contributed by atoms with Crippen molar-refractivity contribution in [2.75, 3.05) is 19.1 Å². The molecule has 164 valence electrons. The van der Waals surface area contributed by atoms with Gasteiger partial charge in [0.1, 0.15) is 23.7 Å². The average Bonchev–Trinajstić information content (AvgIpc) is 3.51. The van der Waals surface area contributed by atoms with Crippen LogP contribution in [-0.4, -0.2) is 30.6 Å². The first-order chi connectivity index (χ1) is 14.0. The molecule has 0 unspecified atom stereocenters. The Balaban J connectivity index is 0.000000575. The highest BCUT2D eigenvalue weighted by Crippen LogP contribution is 2.44. The highest BCUT2D eigenvalue weighted by Gasteiger charge is 2.35. The number of ether oxygens (including phenoxy) is 1. The van der Waals surface area contributed by atoms with Gasteiger partial charge in [-0.25, -0.2) is 11.7 Å². The molecule has 5 N–H and O–H groups in total. The number of rotatable bonds is 6. The number of hydrazine groups is 2. The molecule has 1 amide bonds. The van der Waals surface area contributed by atoms with Gasteiger partial charge >= 0.3 is 6.18 Å². The van der Waals surface area contributed by atoms with Crippen LogP contribution in [0.25, 0.3) is 0 Å². The Morgan fingerprint density at radius 3 is 2.33 bits per heavy atom. The summed E-state index contributed by atoms with van der Waals surface area (Å²) in [6, 6.07) is 8.63. The maximum absolute atomic E-state index is 13.2. The first kappa shape index (κ1) is 23.3. The summed E-state index contributed by atoms with van der Waals surface area (Å²) in [6.07, 6.45) is -1.98. The van der Waals surface area contributed by atoms with Gasteiger partial charge in [-0.3, -0.25) is 9.80 Å². The van der Waals surface area contributed by atoms with Crippen LogP contribution in [0.2, 0.25) is 0 Å². The number of amides is 1. The van der Waals surface area contributed by atoms with Crippen LogP contribution >= 0.6 is 0 Å². The molecule has 10 heteroatoms. The van der Waals surface area contributed by atoms with E-state index in [1.54, 1.807) is 7.05 Å². The minimum atomic E-state index is -4.61. The summed E-state index contributed by atoms with van der Waals surface area (Å²) in [7, 11) is 3.14. The molecule has 0 saturated heterocycles. The topological polar surface area (TPSA) is 105 Å². The van der Waals surface area contributed by atoms with Gasteiger partial charge in [0, 0.05) is 19.7 Å². The second-order valence-corrected chi connectivity index (χ2v) is 6.97. The van der Waals surface area contributed by atoms with Gasteiger partial charge in [-0.2, -0.15) is 13.2 Å². The second-order valence-electron chi connectivity index (χ2n) is 6.97. The molecule has 0 spiro atoms. The van der Waals surface area contributed by atoms with E-state index >= 15 is 0 Å². The number of carbonyl (C=O) groups is 1. The Kier molecular flexibility index (Phi) is 7.52. The molecule has 3 rings (SSSR count). The molecule has 0 aliphatic heterocycles. The van der Waals surface area contributed by atoms with Crippen molar-refractivity contribution in [3.05, 3.63) is 53.1 Å². The molecular weight excluding hydrogens is 401 g/mol. The number of phenols is 1. The number of anilines is 1. The van der Waals surface area contributed by atoms with E-state index in [0.717, 1.165) is 40.7 Å². The number of hydrogen-bond acceptors (Lipinski definition) is 6. The zero-order valence-corrected chi connectivity index (χ0v) is 16.7. The molecule has 0 bridgehead atoms. The Bertz CT molecular complexity index is 849. The fraction of sp³-hybridized carbons (Fsp3) is 0.350. The standard InChI is InChI=1S/C18H19F3N2O2.C2H6N2O/c1-23(22)16-4-2-3-13(11-5-6-11)14(16)10-25-17-8-7-12(24)9-15(17)18(19,20)21;1-4(3)2-5/h2-4,7-9,11,24H,5-6,10,22H2,1H3;2H,3H2,1H3. The molecule has 0 aromatic heterocycles. The van der Waals surface area contributed by atoms with E-state index < -0.39 is 17.5 Å². The molecule has 2 aromatic carbocycles. The molecule has 0 heterocycles. The van der Waals surface area contributed by atoms with Crippen molar-refractivity contribution in [2.24, 2.45) is 11.7 Å². The summed E-state index contributed by atoms with van der Waals surface area (Å²) in [4.78, 5) is 9.31. The van der Waals surface area contributed by atoms with Crippen molar-refractivity contribution >= 4 is 12.1 Å². The SMILES string of the molecule is CN(N)C=O.CN(N)c1cccc(C2CC2)c1COc1ccc(O)cc1C(F)(F)F. The third-order valence-corrected chi connectivity index (χ3v) is 4.39. The van der Waals surface area contributed by atoms with Crippen molar-refractivity contribution in [2.45, 2.75) is 31.5 Å². The predicted molar refractivity (Wildman–Crippen MR) is 106 cm³/mol. The molecular formula is C20H25F3N4O3. The highest BCUT2D eigenvalue weighted by molar-refractivity contribution is 5.57. The van der Waals surface area contributed by atoms with E-state index in [2.05, 4.69) is 0 Å². The largest absolute Gasteiger partial charge is 0.508 e. The van der Waals surface area contributed by atoms with Crippen LogP contribution < -0.4 is 21.4 Å². The highest BCUT2D eigenvalue weighted by atomic mass is 19.4. The summed E-state index contributed by atoms with van der Waals surface area (Å²) in [5.41, 5.74) is 1.56. The summed E-state index contributed by atoms with van der Waals surface area (Å²) in [5.74, 6) is 10.2. The van der Waals surface area contributed by atoms with Gasteiger partial charge in [-0.1, -0.05) is 12.1 Å². The average molecular weight is 426 g/mol. The molecule has 1 fully saturated rings. The number of nitrogens with two attached hydrogens (primary N) is 2. The Morgan fingerprint density at radius 2 is 1.83 bits per heavy atom. The molecule has 1 aliphatic rings. The Labute approximate surface area is 172 Å². The molecule has 7 nitrogen and oxygen atoms in total. The number of phenolic OH excluding ortho intramolecular Hbond substituents is 1. The number of nitrogens with zero attached hydrogens (tertiary/aromatic N) is 2. The minimum Gasteiger partial charge on any atom is -0.508 e. The van der Waals surface area contributed by atoms with Gasteiger partial charge in [0.15, 0.2) is 0 Å². The zero-order chi connectivity index (χ0) is 22.5. The number of benzene rings is 2. The number of alkyl halides is 3. The lowest BCUT2D eigenvalue weighted by Gasteiger charge is -2.21. The van der Waals surface area contributed by atoms with Gasteiger partial charge in [-0.05, 0) is 48.6 Å². The van der Waals surface area contributed by atoms with Crippen LogP contribution in [0.1, 0.15) is 35.4 Å². The Hall–Kier alpha value is -2.98. The van der Waals surface area contributed by atoms with E-state index in [0.29, 0.717) is 18.4 Å². The second kappa shape index (κ2) is 9.68. The van der Waals surface area contributed by atoms with Crippen LogP contribution in [0.5, 0.6) is 11.5 Å². The minimum absolute atomic E-state index is 0.0304. The first-order valence-corrected chi connectivity index (χ1v) is 9.10. The van der Waals surface area contributed by atoms with Crippen molar-refractivity contribution in [3.8, 4) is 11.5 Å². The van der Waals surface area contributed by atoms with Crippen molar-refractivity contribution in [3.63, 3.8) is 0 Å². The first-order valence-electron chi connectivity index (χ1n) is 9.10. The van der Waals surface area contributed by atoms with Gasteiger partial charge in [0.2, 0.25) is 6.41 Å². The normalized spacial score (nSPS) is 13.2. The van der Waals surface area contributed by atoms with Gasteiger partial charge in [0.25, 0.3) is 0 Å². The lowest BCUT2D eigenvalue weighted by Crippen LogP contribution is -2.27. The quantitative estimate of drug-likeness (QED) is 0.284. The number of halogens is 3. The maximum atomic E-state index is 13.2. The molecule has 30 heavy (non-hydrogen) atoms. The Morgan fingerprint density at radius 1 is 1.20 bits per heavy atom. The number of hydrogen-bond donors (Lipinski definition) is 3. The molecule has 2 aromatic rings. The zero-order valence-electron chi connectivity index (χ0n) is 16.7. The smallest absolute Gasteiger partial charge is 0.420 e. The van der Waals surface area contributed by atoms with E-state index in [9.17, 15) is 23.1 Å². The van der Waals surface area contributed by atoms with Crippen LogP contribution in [0.4, 0.5) is 18.9 Å². The number of aromatic hydroxyl groups is 1. The summed E-state index contributed by atoms with van der Waals surface area (Å²) in [5, 5.41) is 11.7. The van der Waals surface area contributed by atoms with E-state index in [1.807, 2.05) is 18.2 Å². The van der Waals surface area contributed by atoms with Crippen LogP contribution in [0.3, 0.4) is 0 Å². The molecule has 1 aliphatic carbocycles. The third-order valence-electron chi connectivity index (χ3n) is 4.39. The fourth-order valence-electron chi connectivity index (χ4n) is 2.87. The molecule has 0 atom stereocenters. The van der Waals surface area contributed by atoms with Crippen molar-refractivity contribution < 1.29 is 27.8 Å². The van der Waals surface area contributed by atoms with E-state index in [4.69, 9.17) is 16.4 Å². The fourth-order valence-corrected chi connectivity index (χ4v) is 2.87. The van der Waals surface area contributed by atoms with Gasteiger partial charge < -0.3 is 14.9 Å². The van der Waals surface area contributed by atoms with Crippen molar-refractivity contribution in [1.29, 1.82) is 0 Å². The van der Waals surface area contributed by atoms with Crippen molar-refractivity contribution in [1.82, 2.24) is 5.01 Å². The van der Waals surface area contributed by atoms with Gasteiger partial charge in [0.05, 0.1) is 5.69 Å².